The lowest BCUT2D eigenvalue weighted by molar-refractivity contribution is -0.141. The highest BCUT2D eigenvalue weighted by molar-refractivity contribution is 5.91. The quantitative estimate of drug-likeness (QED) is 0.729. The van der Waals surface area contributed by atoms with Gasteiger partial charge < -0.3 is 20.3 Å². The van der Waals surface area contributed by atoms with Crippen molar-refractivity contribution in [1.29, 1.82) is 0 Å². The van der Waals surface area contributed by atoms with Gasteiger partial charge in [0.05, 0.1) is 19.1 Å². The molecule has 0 aliphatic heterocycles. The summed E-state index contributed by atoms with van der Waals surface area (Å²) in [6.45, 7) is 1.19. The number of nitrogens with zero attached hydrogens (tertiary/aromatic N) is 1. The fraction of sp³-hybridized carbons (Fsp3) is 0.429. The van der Waals surface area contributed by atoms with Gasteiger partial charge in [-0.15, -0.1) is 0 Å². The van der Waals surface area contributed by atoms with Gasteiger partial charge in [-0.2, -0.15) is 0 Å². The maximum absolute atomic E-state index is 12.0. The number of amides is 2. The molecule has 1 rings (SSSR count). The van der Waals surface area contributed by atoms with Gasteiger partial charge in [-0.1, -0.05) is 6.07 Å². The van der Waals surface area contributed by atoms with E-state index in [0.717, 1.165) is 0 Å². The maximum Gasteiger partial charge on any atom is 0.321 e. The number of hydrogen-bond donors (Lipinski definition) is 3. The minimum absolute atomic E-state index is 0.160. The van der Waals surface area contributed by atoms with Crippen LogP contribution >= 0.6 is 0 Å². The van der Waals surface area contributed by atoms with E-state index in [2.05, 4.69) is 5.32 Å². The summed E-state index contributed by atoms with van der Waals surface area (Å²) in [6.07, 6.45) is -0.448. The molecule has 0 saturated carbocycles. The minimum atomic E-state index is -1.50. The van der Waals surface area contributed by atoms with Crippen molar-refractivity contribution in [1.82, 2.24) is 5.32 Å². The number of carbonyl (C=O) groups excluding carboxylic acids is 1. The Balaban J connectivity index is 2.64. The van der Waals surface area contributed by atoms with Gasteiger partial charge in [0.15, 0.2) is 0 Å². The highest BCUT2D eigenvalue weighted by Gasteiger charge is 2.25. The fourth-order valence-corrected chi connectivity index (χ4v) is 1.71. The van der Waals surface area contributed by atoms with Crippen LogP contribution in [0.25, 0.3) is 0 Å². The molecule has 0 bridgehead atoms. The number of carbonyl (C=O) groups is 2. The number of hydrogen-bond acceptors (Lipinski definition) is 4. The number of anilines is 1. The van der Waals surface area contributed by atoms with Crippen LogP contribution < -0.4 is 15.0 Å². The molecule has 2 amide bonds. The largest absolute Gasteiger partial charge is 0.497 e. The average Bonchev–Trinajstić information content (AvgIpc) is 2.42. The third-order valence-corrected chi connectivity index (χ3v) is 2.90. The van der Waals surface area contributed by atoms with E-state index in [4.69, 9.17) is 9.84 Å². The van der Waals surface area contributed by atoms with E-state index >= 15 is 0 Å². The molecule has 0 heterocycles. The Kier molecular flexibility index (Phi) is 5.54. The number of ether oxygens (including phenoxy) is 1. The highest BCUT2D eigenvalue weighted by atomic mass is 16.5. The summed E-state index contributed by atoms with van der Waals surface area (Å²) < 4.78 is 5.08. The maximum atomic E-state index is 12.0. The Bertz CT molecular complexity index is 516. The van der Waals surface area contributed by atoms with Gasteiger partial charge in [0.2, 0.25) is 0 Å². The van der Waals surface area contributed by atoms with Crippen LogP contribution in [0.5, 0.6) is 5.75 Å². The Hall–Kier alpha value is -2.28. The number of methoxy groups -OCH3 is 1. The molecule has 21 heavy (non-hydrogen) atoms. The van der Waals surface area contributed by atoms with Crippen LogP contribution in [0.15, 0.2) is 24.3 Å². The number of rotatable bonds is 6. The van der Waals surface area contributed by atoms with Crippen LogP contribution in [0.2, 0.25) is 0 Å². The average molecular weight is 296 g/mol. The molecule has 0 aliphatic carbocycles. The number of carboxylic acids is 1. The Morgan fingerprint density at radius 1 is 1.43 bits per heavy atom. The molecule has 1 atom stereocenters. The molecule has 116 valence electrons. The smallest absolute Gasteiger partial charge is 0.321 e. The Labute approximate surface area is 123 Å². The molecular formula is C14H20N2O5. The SMILES string of the molecule is COc1cccc(N(C)C(=O)NCC(C)(O)CC(=O)O)c1. The van der Waals surface area contributed by atoms with E-state index in [1.54, 1.807) is 31.3 Å². The number of carboxylic acid groups (broad SMARTS) is 1. The topological polar surface area (TPSA) is 99.1 Å². The third-order valence-electron chi connectivity index (χ3n) is 2.90. The van der Waals surface area contributed by atoms with E-state index in [1.165, 1.54) is 18.9 Å². The summed E-state index contributed by atoms with van der Waals surface area (Å²) in [5, 5.41) is 21.0. The van der Waals surface area contributed by atoms with Gasteiger partial charge >= 0.3 is 12.0 Å². The monoisotopic (exact) mass is 296 g/mol. The van der Waals surface area contributed by atoms with E-state index in [1.807, 2.05) is 0 Å². The van der Waals surface area contributed by atoms with Crippen molar-refractivity contribution >= 4 is 17.7 Å². The number of urea groups is 1. The van der Waals surface area contributed by atoms with Gasteiger partial charge in [0, 0.05) is 25.3 Å². The third kappa shape index (κ3) is 5.31. The lowest BCUT2D eigenvalue weighted by Gasteiger charge is -2.24. The molecule has 0 fully saturated rings. The molecule has 0 aromatic heterocycles. The van der Waals surface area contributed by atoms with Crippen molar-refractivity contribution in [3.8, 4) is 5.75 Å². The standard InChI is InChI=1S/C14H20N2O5/c1-14(20,8-12(17)18)9-15-13(19)16(2)10-5-4-6-11(7-10)21-3/h4-7,20H,8-9H2,1-3H3,(H,15,19)(H,17,18). The first-order valence-electron chi connectivity index (χ1n) is 6.35. The molecule has 7 heteroatoms. The van der Waals surface area contributed by atoms with E-state index in [-0.39, 0.29) is 6.54 Å². The number of nitrogens with one attached hydrogen (secondary N) is 1. The van der Waals surface area contributed by atoms with Crippen molar-refractivity contribution in [3.05, 3.63) is 24.3 Å². The molecule has 0 radical (unpaired) electrons. The predicted molar refractivity (Wildman–Crippen MR) is 77.7 cm³/mol. The van der Waals surface area contributed by atoms with Crippen LogP contribution in [0.3, 0.4) is 0 Å². The lowest BCUT2D eigenvalue weighted by atomic mass is 10.0. The predicted octanol–water partition coefficient (Wildman–Crippen LogP) is 1.07. The zero-order chi connectivity index (χ0) is 16.0. The first kappa shape index (κ1) is 16.8. The second-order valence-electron chi connectivity index (χ2n) is 4.99. The van der Waals surface area contributed by atoms with Crippen molar-refractivity contribution in [2.24, 2.45) is 0 Å². The summed E-state index contributed by atoms with van der Waals surface area (Å²) in [6, 6.07) is 6.48. The second kappa shape index (κ2) is 6.94. The lowest BCUT2D eigenvalue weighted by Crippen LogP contribution is -2.46. The van der Waals surface area contributed by atoms with Crippen molar-refractivity contribution < 1.29 is 24.5 Å². The summed E-state index contributed by atoms with van der Waals surface area (Å²) in [5.41, 5.74) is -0.888. The summed E-state index contributed by atoms with van der Waals surface area (Å²) >= 11 is 0. The van der Waals surface area contributed by atoms with Gasteiger partial charge in [-0.05, 0) is 19.1 Å². The first-order valence-corrected chi connectivity index (χ1v) is 6.35. The minimum Gasteiger partial charge on any atom is -0.497 e. The molecule has 0 spiro atoms. The Morgan fingerprint density at radius 2 is 2.10 bits per heavy atom. The summed E-state index contributed by atoms with van der Waals surface area (Å²) in [7, 11) is 3.10. The number of benzene rings is 1. The molecule has 1 unspecified atom stereocenters. The fourth-order valence-electron chi connectivity index (χ4n) is 1.71. The molecule has 1 aromatic carbocycles. The van der Waals surface area contributed by atoms with Crippen molar-refractivity contribution in [2.75, 3.05) is 25.6 Å². The zero-order valence-electron chi connectivity index (χ0n) is 12.3. The molecular weight excluding hydrogens is 276 g/mol. The molecule has 0 aliphatic rings. The second-order valence-corrected chi connectivity index (χ2v) is 4.99. The highest BCUT2D eigenvalue weighted by Crippen LogP contribution is 2.20. The first-order chi connectivity index (χ1) is 9.75. The summed E-state index contributed by atoms with van der Waals surface area (Å²) in [5.74, 6) is -0.513. The van der Waals surface area contributed by atoms with E-state index in [0.29, 0.717) is 11.4 Å². The molecule has 0 saturated heterocycles. The van der Waals surface area contributed by atoms with Crippen LogP contribution in [0, 0.1) is 0 Å². The van der Waals surface area contributed by atoms with Crippen molar-refractivity contribution in [2.45, 2.75) is 18.9 Å². The van der Waals surface area contributed by atoms with Crippen LogP contribution in [0.1, 0.15) is 13.3 Å². The van der Waals surface area contributed by atoms with Crippen LogP contribution in [0.4, 0.5) is 10.5 Å². The normalized spacial score (nSPS) is 13.1. The molecule has 7 nitrogen and oxygen atoms in total. The Morgan fingerprint density at radius 3 is 2.67 bits per heavy atom. The number of aliphatic hydroxyl groups is 1. The van der Waals surface area contributed by atoms with Gasteiger partial charge in [-0.3, -0.25) is 9.69 Å². The van der Waals surface area contributed by atoms with E-state index < -0.39 is 24.0 Å². The van der Waals surface area contributed by atoms with Gasteiger partial charge in [-0.25, -0.2) is 4.79 Å². The number of aliphatic carboxylic acids is 1. The van der Waals surface area contributed by atoms with Crippen LogP contribution in [-0.4, -0.2) is 48.5 Å². The zero-order valence-corrected chi connectivity index (χ0v) is 12.3. The van der Waals surface area contributed by atoms with E-state index in [9.17, 15) is 14.7 Å². The van der Waals surface area contributed by atoms with Gasteiger partial charge in [0.1, 0.15) is 5.75 Å². The molecule has 3 N–H and O–H groups in total. The van der Waals surface area contributed by atoms with Gasteiger partial charge in [0.25, 0.3) is 0 Å². The molecule has 1 aromatic rings. The van der Waals surface area contributed by atoms with Crippen molar-refractivity contribution in [3.63, 3.8) is 0 Å². The summed E-state index contributed by atoms with van der Waals surface area (Å²) in [4.78, 5) is 23.9. The van der Waals surface area contributed by atoms with Crippen LogP contribution in [-0.2, 0) is 4.79 Å².